The van der Waals surface area contributed by atoms with E-state index in [9.17, 15) is 4.21 Å². The minimum absolute atomic E-state index is 0.809. The highest BCUT2D eigenvalue weighted by Crippen LogP contribution is 2.21. The summed E-state index contributed by atoms with van der Waals surface area (Å²) in [7, 11) is -1.36. The van der Waals surface area contributed by atoms with Gasteiger partial charge < -0.3 is 0 Å². The maximum absolute atomic E-state index is 12.3. The smallest absolute Gasteiger partial charge is 0.173 e. The van der Waals surface area contributed by atoms with Gasteiger partial charge in [-0.05, 0) is 49.6 Å². The molecule has 1 unspecified atom stereocenters. The Hall–Kier alpha value is -1.26. The Morgan fingerprint density at radius 3 is 2.15 bits per heavy atom. The average Bonchev–Trinajstić information content (AvgIpc) is 2.37. The molecule has 0 aliphatic rings. The highest BCUT2D eigenvalue weighted by molar-refractivity contribution is 9.10. The summed E-state index contributed by atoms with van der Waals surface area (Å²) in [6.45, 7) is 5.99. The summed E-state index contributed by atoms with van der Waals surface area (Å²) in [6, 6.07) is 11.8. The first-order chi connectivity index (χ1) is 9.47. The second kappa shape index (κ2) is 6.46. The maximum Gasteiger partial charge on any atom is 0.173 e. The summed E-state index contributed by atoms with van der Waals surface area (Å²) >= 11 is 3.38. The van der Waals surface area contributed by atoms with E-state index in [2.05, 4.69) is 20.3 Å². The molecule has 20 heavy (non-hydrogen) atoms. The van der Waals surface area contributed by atoms with E-state index in [1.54, 1.807) is 6.21 Å². The van der Waals surface area contributed by atoms with Crippen LogP contribution < -0.4 is 0 Å². The van der Waals surface area contributed by atoms with Gasteiger partial charge in [0.15, 0.2) is 11.0 Å². The molecule has 0 aromatic heterocycles. The third kappa shape index (κ3) is 3.64. The number of hydrogen-bond donors (Lipinski definition) is 0. The molecule has 0 fully saturated rings. The first kappa shape index (κ1) is 15.1. The first-order valence-electron chi connectivity index (χ1n) is 6.27. The van der Waals surface area contributed by atoms with Crippen molar-refractivity contribution in [3.05, 3.63) is 63.1 Å². The van der Waals surface area contributed by atoms with Crippen molar-refractivity contribution in [1.29, 1.82) is 0 Å². The predicted molar refractivity (Wildman–Crippen MR) is 88.8 cm³/mol. The molecule has 0 spiro atoms. The van der Waals surface area contributed by atoms with E-state index in [1.165, 1.54) is 5.56 Å². The lowest BCUT2D eigenvalue weighted by molar-refractivity contribution is 0.683. The van der Waals surface area contributed by atoms with E-state index in [0.717, 1.165) is 26.1 Å². The summed E-state index contributed by atoms with van der Waals surface area (Å²) < 4.78 is 17.5. The van der Waals surface area contributed by atoms with Crippen LogP contribution >= 0.6 is 15.9 Å². The summed E-state index contributed by atoms with van der Waals surface area (Å²) in [4.78, 5) is 0.809. The third-order valence-electron chi connectivity index (χ3n) is 2.95. The van der Waals surface area contributed by atoms with Crippen LogP contribution in [0, 0.1) is 20.8 Å². The highest BCUT2D eigenvalue weighted by atomic mass is 79.9. The van der Waals surface area contributed by atoms with Gasteiger partial charge in [-0.15, -0.1) is 0 Å². The molecule has 0 bridgehead atoms. The van der Waals surface area contributed by atoms with Gasteiger partial charge in [0.1, 0.15) is 0 Å². The van der Waals surface area contributed by atoms with Gasteiger partial charge in [-0.2, -0.15) is 4.40 Å². The molecule has 0 aliphatic carbocycles. The number of rotatable bonds is 3. The van der Waals surface area contributed by atoms with Gasteiger partial charge in [-0.1, -0.05) is 45.8 Å². The molecule has 4 heteroatoms. The zero-order valence-electron chi connectivity index (χ0n) is 11.7. The van der Waals surface area contributed by atoms with E-state index in [-0.39, 0.29) is 0 Å². The van der Waals surface area contributed by atoms with E-state index in [0.29, 0.717) is 0 Å². The largest absolute Gasteiger partial charge is 0.229 e. The Bertz CT molecular complexity index is 654. The van der Waals surface area contributed by atoms with Crippen LogP contribution in [0.25, 0.3) is 0 Å². The third-order valence-corrected chi connectivity index (χ3v) is 4.77. The highest BCUT2D eigenvalue weighted by Gasteiger charge is 2.10. The maximum atomic E-state index is 12.3. The van der Waals surface area contributed by atoms with Crippen molar-refractivity contribution in [1.82, 2.24) is 0 Å². The molecule has 0 saturated heterocycles. The lowest BCUT2D eigenvalue weighted by Gasteiger charge is -2.07. The minimum Gasteiger partial charge on any atom is -0.229 e. The number of aryl methyl sites for hydroxylation is 3. The fourth-order valence-electron chi connectivity index (χ4n) is 2.15. The van der Waals surface area contributed by atoms with Crippen LogP contribution in [0.1, 0.15) is 22.3 Å². The molecule has 0 radical (unpaired) electrons. The SMILES string of the molecule is Cc1cc(C)c(S(=O)/N=C/c2ccc(Br)cc2)c(C)c1. The van der Waals surface area contributed by atoms with Crippen LogP contribution in [0.2, 0.25) is 0 Å². The lowest BCUT2D eigenvalue weighted by atomic mass is 10.1. The molecule has 2 aromatic carbocycles. The molecule has 2 aromatic rings. The van der Waals surface area contributed by atoms with Crippen LogP contribution in [0.3, 0.4) is 0 Å². The standard InChI is InChI=1S/C16H16BrNOS/c1-11-8-12(2)16(13(3)9-11)20(19)18-10-14-4-6-15(17)7-5-14/h4-10H,1-3H3/b18-10+. The molecule has 0 aliphatic heterocycles. The fraction of sp³-hybridized carbons (Fsp3) is 0.188. The van der Waals surface area contributed by atoms with Crippen molar-refractivity contribution >= 4 is 33.1 Å². The Labute approximate surface area is 130 Å². The Morgan fingerprint density at radius 1 is 1.05 bits per heavy atom. The summed E-state index contributed by atoms with van der Waals surface area (Å²) in [5.41, 5.74) is 4.16. The van der Waals surface area contributed by atoms with E-state index >= 15 is 0 Å². The molecule has 0 amide bonds. The van der Waals surface area contributed by atoms with Crippen LogP contribution in [0.4, 0.5) is 0 Å². The Kier molecular flexibility index (Phi) is 4.89. The summed E-state index contributed by atoms with van der Waals surface area (Å²) in [6.07, 6.45) is 1.65. The molecule has 104 valence electrons. The minimum atomic E-state index is -1.36. The zero-order chi connectivity index (χ0) is 14.7. The van der Waals surface area contributed by atoms with Crippen LogP contribution in [0.15, 0.2) is 50.2 Å². The average molecular weight is 350 g/mol. The molecule has 0 saturated carbocycles. The number of hydrogen-bond acceptors (Lipinski definition) is 1. The molecule has 1 atom stereocenters. The van der Waals surface area contributed by atoms with Crippen LogP contribution in [-0.2, 0) is 11.0 Å². The van der Waals surface area contributed by atoms with Gasteiger partial charge in [0.05, 0.1) is 4.90 Å². The molecule has 0 N–H and O–H groups in total. The van der Waals surface area contributed by atoms with Gasteiger partial charge in [-0.25, -0.2) is 4.21 Å². The van der Waals surface area contributed by atoms with E-state index < -0.39 is 11.0 Å². The summed E-state index contributed by atoms with van der Waals surface area (Å²) in [5.74, 6) is 0. The molecule has 0 heterocycles. The zero-order valence-corrected chi connectivity index (χ0v) is 14.1. The van der Waals surface area contributed by atoms with Crippen molar-refractivity contribution in [2.24, 2.45) is 4.40 Å². The second-order valence-corrected chi connectivity index (χ2v) is 6.80. The van der Waals surface area contributed by atoms with Crippen molar-refractivity contribution in [3.8, 4) is 0 Å². The topological polar surface area (TPSA) is 29.4 Å². The van der Waals surface area contributed by atoms with Gasteiger partial charge in [0.2, 0.25) is 0 Å². The Morgan fingerprint density at radius 2 is 1.60 bits per heavy atom. The first-order valence-corrected chi connectivity index (χ1v) is 8.17. The normalized spacial score (nSPS) is 12.8. The molecule has 2 rings (SSSR count). The number of nitrogens with zero attached hydrogens (tertiary/aromatic N) is 1. The predicted octanol–water partition coefficient (Wildman–Crippen LogP) is 4.52. The van der Waals surface area contributed by atoms with E-state index in [1.807, 2.05) is 57.2 Å². The molecular formula is C16H16BrNOS. The Balaban J connectivity index is 2.26. The van der Waals surface area contributed by atoms with Gasteiger partial charge in [0.25, 0.3) is 0 Å². The van der Waals surface area contributed by atoms with Gasteiger partial charge >= 0.3 is 0 Å². The lowest BCUT2D eigenvalue weighted by Crippen LogP contribution is -1.97. The summed E-state index contributed by atoms with van der Waals surface area (Å²) in [5, 5.41) is 0. The number of halogens is 1. The number of benzene rings is 2. The van der Waals surface area contributed by atoms with Crippen LogP contribution in [0.5, 0.6) is 0 Å². The molecule has 2 nitrogen and oxygen atoms in total. The van der Waals surface area contributed by atoms with Crippen molar-refractivity contribution in [2.75, 3.05) is 0 Å². The molecular weight excluding hydrogens is 334 g/mol. The fourth-order valence-corrected chi connectivity index (χ4v) is 3.41. The van der Waals surface area contributed by atoms with Crippen molar-refractivity contribution < 1.29 is 4.21 Å². The van der Waals surface area contributed by atoms with E-state index in [4.69, 9.17) is 0 Å². The second-order valence-electron chi connectivity index (χ2n) is 4.76. The van der Waals surface area contributed by atoms with Crippen molar-refractivity contribution in [3.63, 3.8) is 0 Å². The monoisotopic (exact) mass is 349 g/mol. The quantitative estimate of drug-likeness (QED) is 0.749. The van der Waals surface area contributed by atoms with Gasteiger partial charge in [0, 0.05) is 10.7 Å². The van der Waals surface area contributed by atoms with Gasteiger partial charge in [-0.3, -0.25) is 0 Å². The van der Waals surface area contributed by atoms with Crippen LogP contribution in [-0.4, -0.2) is 10.4 Å². The van der Waals surface area contributed by atoms with Crippen molar-refractivity contribution in [2.45, 2.75) is 25.7 Å².